The zero-order valence-electron chi connectivity index (χ0n) is 15.8. The first-order valence-corrected chi connectivity index (χ1v) is 10.8. The molecule has 29 heavy (non-hydrogen) atoms. The molecule has 0 aliphatic rings. The van der Waals surface area contributed by atoms with Crippen LogP contribution in [0.4, 0.5) is 0 Å². The first-order valence-electron chi connectivity index (χ1n) is 9.44. The molecule has 4 heteroatoms. The highest BCUT2D eigenvalue weighted by Crippen LogP contribution is 2.44. The van der Waals surface area contributed by atoms with Gasteiger partial charge >= 0.3 is 0 Å². The Morgan fingerprint density at radius 1 is 0.690 bits per heavy atom. The van der Waals surface area contributed by atoms with Gasteiger partial charge in [-0.25, -0.2) is 0 Å². The number of benzene rings is 4. The Morgan fingerprint density at radius 3 is 1.83 bits per heavy atom. The minimum atomic E-state index is -1.35. The maximum Gasteiger partial charge on any atom is 0.292 e. The first kappa shape index (κ1) is 19.0. The Balaban J connectivity index is 1.59. The molecule has 0 fully saturated rings. The summed E-state index contributed by atoms with van der Waals surface area (Å²) in [5.74, 6) is 1.16. The molecule has 4 rings (SSSR count). The lowest BCUT2D eigenvalue weighted by Gasteiger charge is -2.21. The zero-order valence-corrected chi connectivity index (χ0v) is 16.7. The smallest absolute Gasteiger partial charge is 0.292 e. The van der Waals surface area contributed by atoms with E-state index in [0.717, 1.165) is 27.8 Å². The maximum atomic E-state index is 9.88. The molecular formula is C25H20NO2P. The van der Waals surface area contributed by atoms with Crippen LogP contribution < -0.4 is 9.05 Å². The van der Waals surface area contributed by atoms with Crippen LogP contribution in [0.1, 0.15) is 11.5 Å². The van der Waals surface area contributed by atoms with E-state index in [9.17, 15) is 5.26 Å². The summed E-state index contributed by atoms with van der Waals surface area (Å²) in [4.78, 5) is 0. The Bertz CT molecular complexity index is 1070. The first-order chi connectivity index (χ1) is 14.3. The summed E-state index contributed by atoms with van der Waals surface area (Å²) in [6.07, 6.45) is 0.480. The van der Waals surface area contributed by atoms with Gasteiger partial charge in [0.2, 0.25) is 0 Å². The number of fused-ring (bicyclic) bond motifs is 1. The molecule has 1 unspecified atom stereocenters. The third kappa shape index (κ3) is 4.93. The van der Waals surface area contributed by atoms with Gasteiger partial charge in [0, 0.05) is 0 Å². The highest BCUT2D eigenvalue weighted by Gasteiger charge is 2.23. The van der Waals surface area contributed by atoms with Crippen molar-refractivity contribution in [1.29, 1.82) is 5.26 Å². The maximum absolute atomic E-state index is 9.88. The van der Waals surface area contributed by atoms with E-state index in [2.05, 4.69) is 30.3 Å². The average molecular weight is 397 g/mol. The third-order valence-corrected chi connectivity index (χ3v) is 6.06. The largest absolute Gasteiger partial charge is 0.439 e. The second-order valence-electron chi connectivity index (χ2n) is 6.61. The molecule has 1 atom stereocenters. The van der Waals surface area contributed by atoms with Crippen molar-refractivity contribution in [3.8, 4) is 17.6 Å². The molecule has 0 aromatic heterocycles. The van der Waals surface area contributed by atoms with Gasteiger partial charge < -0.3 is 9.05 Å². The topological polar surface area (TPSA) is 42.2 Å². The molecule has 4 aromatic carbocycles. The summed E-state index contributed by atoms with van der Waals surface area (Å²) < 4.78 is 12.3. The van der Waals surface area contributed by atoms with Gasteiger partial charge in [-0.2, -0.15) is 5.26 Å². The summed E-state index contributed by atoms with van der Waals surface area (Å²) in [6.45, 7) is 0. The minimum absolute atomic E-state index is 0.321. The summed E-state index contributed by atoms with van der Waals surface area (Å²) in [7, 11) is -1.35. The second-order valence-corrected chi connectivity index (χ2v) is 8.01. The van der Waals surface area contributed by atoms with Crippen molar-refractivity contribution in [1.82, 2.24) is 0 Å². The van der Waals surface area contributed by atoms with Crippen LogP contribution in [0.2, 0.25) is 0 Å². The van der Waals surface area contributed by atoms with Gasteiger partial charge in [0.1, 0.15) is 11.5 Å². The highest BCUT2D eigenvalue weighted by atomic mass is 31.2. The van der Waals surface area contributed by atoms with Gasteiger partial charge in [0.25, 0.3) is 8.38 Å². The molecule has 0 saturated carbocycles. The van der Waals surface area contributed by atoms with Crippen LogP contribution in [-0.4, -0.2) is 6.16 Å². The van der Waals surface area contributed by atoms with Crippen molar-refractivity contribution >= 4 is 19.1 Å². The fraction of sp³-hybridized carbons (Fsp3) is 0.0800. The highest BCUT2D eigenvalue weighted by molar-refractivity contribution is 7.48. The van der Waals surface area contributed by atoms with Crippen molar-refractivity contribution in [3.05, 3.63) is 109 Å². The summed E-state index contributed by atoms with van der Waals surface area (Å²) >= 11 is 0. The SMILES string of the molecule is N#CC(CP(Oc1ccccc1)Oc1ccccc1)c1ccc2ccccc2c1. The molecule has 0 amide bonds. The Labute approximate surface area is 172 Å². The summed E-state index contributed by atoms with van der Waals surface area (Å²) in [5.41, 5.74) is 0.979. The summed E-state index contributed by atoms with van der Waals surface area (Å²) in [5, 5.41) is 12.2. The average Bonchev–Trinajstić information content (AvgIpc) is 2.78. The quantitative estimate of drug-likeness (QED) is 0.318. The van der Waals surface area contributed by atoms with Crippen LogP contribution in [0.5, 0.6) is 11.5 Å². The van der Waals surface area contributed by atoms with Crippen LogP contribution in [0, 0.1) is 11.3 Å². The van der Waals surface area contributed by atoms with Crippen molar-refractivity contribution in [3.63, 3.8) is 0 Å². The minimum Gasteiger partial charge on any atom is -0.439 e. The van der Waals surface area contributed by atoms with E-state index in [1.807, 2.05) is 78.9 Å². The molecule has 0 aliphatic carbocycles. The molecule has 0 bridgehead atoms. The molecule has 0 radical (unpaired) electrons. The van der Waals surface area contributed by atoms with Crippen LogP contribution in [-0.2, 0) is 0 Å². The number of para-hydroxylation sites is 2. The van der Waals surface area contributed by atoms with Gasteiger partial charge in [-0.3, -0.25) is 0 Å². The van der Waals surface area contributed by atoms with Crippen LogP contribution in [0.15, 0.2) is 103 Å². The lowest BCUT2D eigenvalue weighted by molar-refractivity contribution is 0.487. The third-order valence-electron chi connectivity index (χ3n) is 4.56. The molecule has 0 heterocycles. The van der Waals surface area contributed by atoms with Crippen molar-refractivity contribution < 1.29 is 9.05 Å². The second kappa shape index (κ2) is 9.24. The van der Waals surface area contributed by atoms with E-state index in [0.29, 0.717) is 6.16 Å². The molecular weight excluding hydrogens is 377 g/mol. The molecule has 142 valence electrons. The van der Waals surface area contributed by atoms with E-state index >= 15 is 0 Å². The van der Waals surface area contributed by atoms with Crippen LogP contribution in [0.3, 0.4) is 0 Å². The molecule has 0 saturated heterocycles. The predicted octanol–water partition coefficient (Wildman–Crippen LogP) is 6.92. The van der Waals surface area contributed by atoms with Gasteiger partial charge in [-0.15, -0.1) is 0 Å². The Kier molecular flexibility index (Phi) is 6.05. The van der Waals surface area contributed by atoms with E-state index in [1.54, 1.807) is 0 Å². The molecule has 0 N–H and O–H groups in total. The van der Waals surface area contributed by atoms with Crippen molar-refractivity contribution in [2.24, 2.45) is 0 Å². The van der Waals surface area contributed by atoms with Crippen LogP contribution >= 0.6 is 8.38 Å². The number of rotatable bonds is 7. The molecule has 0 aliphatic heterocycles. The van der Waals surface area contributed by atoms with E-state index in [1.165, 1.54) is 0 Å². The van der Waals surface area contributed by atoms with Crippen molar-refractivity contribution in [2.75, 3.05) is 6.16 Å². The van der Waals surface area contributed by atoms with E-state index in [4.69, 9.17) is 9.05 Å². The lowest BCUT2D eigenvalue weighted by Crippen LogP contribution is -2.07. The lowest BCUT2D eigenvalue weighted by atomic mass is 9.99. The molecule has 0 spiro atoms. The van der Waals surface area contributed by atoms with Gasteiger partial charge in [0.15, 0.2) is 0 Å². The fourth-order valence-electron chi connectivity index (χ4n) is 3.09. The number of hydrogen-bond acceptors (Lipinski definition) is 3. The Hall–Kier alpha value is -3.34. The van der Waals surface area contributed by atoms with E-state index < -0.39 is 8.38 Å². The van der Waals surface area contributed by atoms with Gasteiger partial charge in [0.05, 0.1) is 18.1 Å². The predicted molar refractivity (Wildman–Crippen MR) is 118 cm³/mol. The molecule has 3 nitrogen and oxygen atoms in total. The van der Waals surface area contributed by atoms with Crippen LogP contribution in [0.25, 0.3) is 10.8 Å². The zero-order chi connectivity index (χ0) is 19.9. The number of hydrogen-bond donors (Lipinski definition) is 0. The number of nitrogens with zero attached hydrogens (tertiary/aromatic N) is 1. The Morgan fingerprint density at radius 2 is 1.24 bits per heavy atom. The standard InChI is InChI=1S/C25H20NO2P/c26-18-23(22-16-15-20-9-7-8-10-21(20)17-22)19-29(27-24-11-3-1-4-12-24)28-25-13-5-2-6-14-25/h1-17,23H,19H2. The normalized spacial score (nSPS) is 11.7. The van der Waals surface area contributed by atoms with Gasteiger partial charge in [-0.1, -0.05) is 72.8 Å². The summed E-state index contributed by atoms with van der Waals surface area (Å²) in [6, 6.07) is 36.0. The van der Waals surface area contributed by atoms with Gasteiger partial charge in [-0.05, 0) is 46.7 Å². The number of nitriles is 1. The van der Waals surface area contributed by atoms with E-state index in [-0.39, 0.29) is 5.92 Å². The van der Waals surface area contributed by atoms with Crippen molar-refractivity contribution in [2.45, 2.75) is 5.92 Å². The fourth-order valence-corrected chi connectivity index (χ4v) is 4.58. The monoisotopic (exact) mass is 397 g/mol. The molecule has 4 aromatic rings.